The number of alkyl halides is 2. The number of aryl methyl sites for hydroxylation is 1. The Balaban J connectivity index is 1.61. The summed E-state index contributed by atoms with van der Waals surface area (Å²) in [6.07, 6.45) is 0.781. The molecule has 0 atom stereocenters. The number of amides is 1. The Morgan fingerprint density at radius 2 is 1.92 bits per heavy atom. The molecule has 0 aliphatic carbocycles. The minimum atomic E-state index is -2.52. The van der Waals surface area contributed by atoms with Gasteiger partial charge < -0.3 is 5.32 Å². The lowest BCUT2D eigenvalue weighted by atomic mass is 10.2. The molecule has 1 amide bonds. The van der Waals surface area contributed by atoms with E-state index in [9.17, 15) is 13.6 Å². The van der Waals surface area contributed by atoms with Gasteiger partial charge in [-0.05, 0) is 24.3 Å². The van der Waals surface area contributed by atoms with E-state index in [-0.39, 0.29) is 12.3 Å². The molecule has 0 aliphatic heterocycles. The number of rotatable bonds is 6. The van der Waals surface area contributed by atoms with Gasteiger partial charge in [0.25, 0.3) is 5.76 Å². The quantitative estimate of drug-likeness (QED) is 0.613. The molecule has 1 aromatic heterocycles. The fourth-order valence-corrected chi connectivity index (χ4v) is 3.79. The van der Waals surface area contributed by atoms with E-state index in [1.165, 1.54) is 0 Å². The van der Waals surface area contributed by atoms with E-state index in [1.54, 1.807) is 35.6 Å². The molecular weight excluding hydrogens is 350 g/mol. The standard InChI is InChI=1S/C17H14F2N2OS2/c18-17(19)24-14-8-4-1-5-11(14)20-15(22)9-10-16-21-12-6-2-3-7-13(12)23-16/h1-8,17H,9-10H2,(H,20,22). The van der Waals surface area contributed by atoms with E-state index in [4.69, 9.17) is 0 Å². The van der Waals surface area contributed by atoms with Crippen molar-refractivity contribution in [3.05, 3.63) is 53.5 Å². The lowest BCUT2D eigenvalue weighted by molar-refractivity contribution is -0.116. The van der Waals surface area contributed by atoms with Gasteiger partial charge in [-0.3, -0.25) is 4.79 Å². The normalized spacial score (nSPS) is 11.1. The number of halogens is 2. The molecule has 0 saturated carbocycles. The number of nitrogens with one attached hydrogen (secondary N) is 1. The molecule has 0 spiro atoms. The van der Waals surface area contributed by atoms with Crippen LogP contribution >= 0.6 is 23.1 Å². The fourth-order valence-electron chi connectivity index (χ4n) is 2.23. The molecule has 124 valence electrons. The Labute approximate surface area is 146 Å². The summed E-state index contributed by atoms with van der Waals surface area (Å²) in [6, 6.07) is 14.4. The van der Waals surface area contributed by atoms with Gasteiger partial charge in [-0.25, -0.2) is 4.98 Å². The highest BCUT2D eigenvalue weighted by molar-refractivity contribution is 7.99. The van der Waals surface area contributed by atoms with Crippen LogP contribution < -0.4 is 5.32 Å². The number of carbonyl (C=O) groups is 1. The molecule has 24 heavy (non-hydrogen) atoms. The van der Waals surface area contributed by atoms with Crippen LogP contribution in [0.1, 0.15) is 11.4 Å². The van der Waals surface area contributed by atoms with Crippen molar-refractivity contribution in [3.8, 4) is 0 Å². The molecule has 0 aliphatic rings. The van der Waals surface area contributed by atoms with Crippen molar-refractivity contribution in [2.45, 2.75) is 23.5 Å². The molecule has 0 fully saturated rings. The van der Waals surface area contributed by atoms with Crippen molar-refractivity contribution in [1.82, 2.24) is 4.98 Å². The van der Waals surface area contributed by atoms with Gasteiger partial charge in [0.1, 0.15) is 0 Å². The maximum Gasteiger partial charge on any atom is 0.288 e. The molecule has 3 aromatic rings. The summed E-state index contributed by atoms with van der Waals surface area (Å²) in [4.78, 5) is 17.0. The van der Waals surface area contributed by atoms with Crippen molar-refractivity contribution in [3.63, 3.8) is 0 Å². The van der Waals surface area contributed by atoms with Crippen LogP contribution in [0.5, 0.6) is 0 Å². The van der Waals surface area contributed by atoms with Crippen LogP contribution in [-0.4, -0.2) is 16.6 Å². The molecule has 0 radical (unpaired) electrons. The summed E-state index contributed by atoms with van der Waals surface area (Å²) in [6.45, 7) is 0. The van der Waals surface area contributed by atoms with Crippen molar-refractivity contribution >= 4 is 44.9 Å². The van der Waals surface area contributed by atoms with Gasteiger partial charge in [0.05, 0.1) is 20.9 Å². The first kappa shape index (κ1) is 16.9. The Bertz CT molecular complexity index is 818. The largest absolute Gasteiger partial charge is 0.325 e. The maximum atomic E-state index is 12.6. The van der Waals surface area contributed by atoms with Crippen molar-refractivity contribution in [2.24, 2.45) is 0 Å². The topological polar surface area (TPSA) is 42.0 Å². The van der Waals surface area contributed by atoms with E-state index >= 15 is 0 Å². The lowest BCUT2D eigenvalue weighted by Gasteiger charge is -2.09. The first-order valence-electron chi connectivity index (χ1n) is 7.30. The highest BCUT2D eigenvalue weighted by atomic mass is 32.2. The Morgan fingerprint density at radius 1 is 1.17 bits per heavy atom. The second-order valence-electron chi connectivity index (χ2n) is 5.00. The van der Waals surface area contributed by atoms with Crippen LogP contribution in [0, 0.1) is 0 Å². The second-order valence-corrected chi connectivity index (χ2v) is 7.15. The summed E-state index contributed by atoms with van der Waals surface area (Å²) in [7, 11) is 0. The van der Waals surface area contributed by atoms with Gasteiger partial charge in [-0.15, -0.1) is 11.3 Å². The fraction of sp³-hybridized carbons (Fsp3) is 0.176. The lowest BCUT2D eigenvalue weighted by Crippen LogP contribution is -2.13. The number of thiazole rings is 1. The Morgan fingerprint density at radius 3 is 2.71 bits per heavy atom. The smallest absolute Gasteiger partial charge is 0.288 e. The van der Waals surface area contributed by atoms with Crippen LogP contribution in [0.2, 0.25) is 0 Å². The Hall–Kier alpha value is -1.99. The number of fused-ring (bicyclic) bond motifs is 1. The predicted molar refractivity (Wildman–Crippen MR) is 94.9 cm³/mol. The van der Waals surface area contributed by atoms with Crippen LogP contribution in [0.15, 0.2) is 53.4 Å². The SMILES string of the molecule is O=C(CCc1nc2ccccc2s1)Nc1ccccc1SC(F)F. The molecule has 0 saturated heterocycles. The van der Waals surface area contributed by atoms with E-state index in [0.717, 1.165) is 15.2 Å². The molecule has 1 N–H and O–H groups in total. The van der Waals surface area contributed by atoms with Crippen molar-refractivity contribution in [1.29, 1.82) is 0 Å². The van der Waals surface area contributed by atoms with Crippen LogP contribution in [0.25, 0.3) is 10.2 Å². The molecular formula is C17H14F2N2OS2. The van der Waals surface area contributed by atoms with Crippen molar-refractivity contribution in [2.75, 3.05) is 5.32 Å². The van der Waals surface area contributed by atoms with Crippen LogP contribution in [0.3, 0.4) is 0 Å². The minimum absolute atomic E-state index is 0.212. The minimum Gasteiger partial charge on any atom is -0.325 e. The second kappa shape index (κ2) is 7.72. The summed E-state index contributed by atoms with van der Waals surface area (Å²) in [5.41, 5.74) is 1.34. The molecule has 3 rings (SSSR count). The van der Waals surface area contributed by atoms with Gasteiger partial charge in [-0.2, -0.15) is 8.78 Å². The van der Waals surface area contributed by atoms with Gasteiger partial charge in [0.15, 0.2) is 0 Å². The van der Waals surface area contributed by atoms with Crippen LogP contribution in [0.4, 0.5) is 14.5 Å². The first-order chi connectivity index (χ1) is 11.6. The highest BCUT2D eigenvalue weighted by Gasteiger charge is 2.12. The summed E-state index contributed by atoms with van der Waals surface area (Å²) < 4.78 is 26.2. The van der Waals surface area contributed by atoms with E-state index in [1.807, 2.05) is 24.3 Å². The first-order valence-corrected chi connectivity index (χ1v) is 8.99. The molecule has 2 aromatic carbocycles. The van der Waals surface area contributed by atoms with Gasteiger partial charge in [0, 0.05) is 17.7 Å². The van der Waals surface area contributed by atoms with Gasteiger partial charge in [-0.1, -0.05) is 36.0 Å². The average Bonchev–Trinajstić information content (AvgIpc) is 2.97. The average molecular weight is 364 g/mol. The predicted octanol–water partition coefficient (Wildman–Crippen LogP) is 5.18. The highest BCUT2D eigenvalue weighted by Crippen LogP contribution is 2.31. The molecule has 0 unspecified atom stereocenters. The van der Waals surface area contributed by atoms with E-state index < -0.39 is 5.76 Å². The monoisotopic (exact) mass is 364 g/mol. The number of thioether (sulfide) groups is 1. The van der Waals surface area contributed by atoms with Gasteiger partial charge >= 0.3 is 0 Å². The third kappa shape index (κ3) is 4.30. The third-order valence-corrected chi connectivity index (χ3v) is 5.17. The maximum absolute atomic E-state index is 12.6. The number of aromatic nitrogens is 1. The number of nitrogens with zero attached hydrogens (tertiary/aromatic N) is 1. The third-order valence-electron chi connectivity index (χ3n) is 3.28. The zero-order valence-electron chi connectivity index (χ0n) is 12.5. The zero-order chi connectivity index (χ0) is 16.9. The van der Waals surface area contributed by atoms with Crippen molar-refractivity contribution < 1.29 is 13.6 Å². The summed E-state index contributed by atoms with van der Waals surface area (Å²) in [5.74, 6) is -2.73. The number of hydrogen-bond donors (Lipinski definition) is 1. The number of carbonyl (C=O) groups excluding carboxylic acids is 1. The number of para-hydroxylation sites is 2. The molecule has 3 nitrogen and oxygen atoms in total. The van der Waals surface area contributed by atoms with Crippen LogP contribution in [-0.2, 0) is 11.2 Å². The molecule has 1 heterocycles. The summed E-state index contributed by atoms with van der Waals surface area (Å²) in [5, 5.41) is 3.59. The molecule has 0 bridgehead atoms. The summed E-state index contributed by atoms with van der Waals surface area (Å²) >= 11 is 1.99. The van der Waals surface area contributed by atoms with E-state index in [0.29, 0.717) is 28.8 Å². The van der Waals surface area contributed by atoms with Gasteiger partial charge in [0.2, 0.25) is 5.91 Å². The number of benzene rings is 2. The zero-order valence-corrected chi connectivity index (χ0v) is 14.2. The molecule has 7 heteroatoms. The van der Waals surface area contributed by atoms with E-state index in [2.05, 4.69) is 10.3 Å². The Kier molecular flexibility index (Phi) is 5.42. The number of hydrogen-bond acceptors (Lipinski definition) is 4. The number of anilines is 1.